The molecule has 2 rings (SSSR count). The summed E-state index contributed by atoms with van der Waals surface area (Å²) in [6, 6.07) is 7.94. The Hall–Kier alpha value is -3.89. The van der Waals surface area contributed by atoms with Gasteiger partial charge >= 0.3 is 24.4 Å². The number of aliphatic carboxylic acids is 1. The highest BCUT2D eigenvalue weighted by Gasteiger charge is 2.38. The van der Waals surface area contributed by atoms with Crippen molar-refractivity contribution in [1.82, 2.24) is 20.2 Å². The molecule has 0 aliphatic heterocycles. The van der Waals surface area contributed by atoms with Gasteiger partial charge < -0.3 is 15.3 Å². The lowest BCUT2D eigenvalue weighted by Crippen LogP contribution is -2.35. The third-order valence-electron chi connectivity index (χ3n) is 4.09. The molecule has 0 bridgehead atoms. The monoisotopic (exact) mass is 491 g/mol. The normalized spacial score (nSPS) is 11.0. The summed E-state index contributed by atoms with van der Waals surface area (Å²) in [6.45, 7) is 0.463. The van der Waals surface area contributed by atoms with Gasteiger partial charge in [-0.2, -0.15) is 31.6 Å². The van der Waals surface area contributed by atoms with E-state index in [1.165, 1.54) is 24.1 Å². The Labute approximate surface area is 189 Å². The lowest BCUT2D eigenvalue weighted by atomic mass is 10.1. The second-order valence-corrected chi connectivity index (χ2v) is 6.64. The fraction of sp³-hybridized carbons (Fsp3) is 0.350. The zero-order valence-electron chi connectivity index (χ0n) is 17.8. The number of rotatable bonds is 5. The molecule has 0 saturated carbocycles. The molecule has 14 heteroatoms. The number of nitrogens with one attached hydrogen (secondary N) is 1. The van der Waals surface area contributed by atoms with E-state index in [4.69, 9.17) is 15.2 Å². The summed E-state index contributed by atoms with van der Waals surface area (Å²) in [5.74, 6) is -2.87. The molecule has 184 valence electrons. The maximum atomic E-state index is 12.9. The van der Waals surface area contributed by atoms with Crippen molar-refractivity contribution >= 4 is 12.0 Å². The number of nitrogens with zero attached hydrogens (tertiary/aromatic N) is 4. The van der Waals surface area contributed by atoms with E-state index in [0.29, 0.717) is 25.1 Å². The van der Waals surface area contributed by atoms with Crippen molar-refractivity contribution in [2.75, 3.05) is 20.6 Å². The van der Waals surface area contributed by atoms with E-state index in [2.05, 4.69) is 15.3 Å². The smallest absolute Gasteiger partial charge is 0.475 e. The number of hydrogen-bond donors (Lipinski definition) is 2. The van der Waals surface area contributed by atoms with E-state index in [9.17, 15) is 31.1 Å². The van der Waals surface area contributed by atoms with Crippen LogP contribution < -0.4 is 5.32 Å². The SMILES string of the molecule is CNC(=O)N(C)CCCc1cc(-c2cccc(C(F)(F)F)c2)nc(C#N)n1.O=C(O)C(F)(F)F. The molecular formula is C20H19F6N5O3. The van der Waals surface area contributed by atoms with Crippen molar-refractivity contribution in [3.05, 3.63) is 47.4 Å². The Bertz CT molecular complexity index is 1050. The van der Waals surface area contributed by atoms with Gasteiger partial charge in [0.15, 0.2) is 0 Å². The number of benzene rings is 1. The Kier molecular flexibility index (Phi) is 9.79. The number of carbonyl (C=O) groups excluding carboxylic acids is 1. The minimum atomic E-state index is -5.08. The number of alkyl halides is 6. The van der Waals surface area contributed by atoms with Crippen molar-refractivity contribution in [3.63, 3.8) is 0 Å². The fourth-order valence-corrected chi connectivity index (χ4v) is 2.47. The Morgan fingerprint density at radius 3 is 2.26 bits per heavy atom. The van der Waals surface area contributed by atoms with Crippen LogP contribution in [0.25, 0.3) is 11.3 Å². The quantitative estimate of drug-likeness (QED) is 0.613. The van der Waals surface area contributed by atoms with Gasteiger partial charge in [-0.05, 0) is 31.0 Å². The van der Waals surface area contributed by atoms with Crippen molar-refractivity contribution in [2.24, 2.45) is 0 Å². The van der Waals surface area contributed by atoms with Gasteiger partial charge in [0.05, 0.1) is 11.3 Å². The summed E-state index contributed by atoms with van der Waals surface area (Å²) in [4.78, 5) is 30.0. The number of amides is 2. The zero-order chi connectivity index (χ0) is 26.1. The first-order valence-electron chi connectivity index (χ1n) is 9.37. The van der Waals surface area contributed by atoms with Crippen LogP contribution in [0.3, 0.4) is 0 Å². The molecule has 0 spiro atoms. The summed E-state index contributed by atoms with van der Waals surface area (Å²) < 4.78 is 70.5. The number of carboxylic acids is 1. The molecule has 0 saturated heterocycles. The average Bonchev–Trinajstić information content (AvgIpc) is 2.77. The molecule has 1 aromatic carbocycles. The molecule has 1 aromatic heterocycles. The fourth-order valence-electron chi connectivity index (χ4n) is 2.47. The molecule has 0 radical (unpaired) electrons. The summed E-state index contributed by atoms with van der Waals surface area (Å²) in [5, 5.41) is 18.8. The number of aromatic nitrogens is 2. The average molecular weight is 491 g/mol. The van der Waals surface area contributed by atoms with Crippen LogP contribution in [-0.4, -0.2) is 58.8 Å². The van der Waals surface area contributed by atoms with Gasteiger partial charge in [0, 0.05) is 31.9 Å². The van der Waals surface area contributed by atoms with Gasteiger partial charge in [-0.15, -0.1) is 0 Å². The first kappa shape index (κ1) is 28.1. The third-order valence-corrected chi connectivity index (χ3v) is 4.09. The molecule has 0 fully saturated rings. The lowest BCUT2D eigenvalue weighted by molar-refractivity contribution is -0.192. The van der Waals surface area contributed by atoms with Crippen molar-refractivity contribution in [2.45, 2.75) is 25.2 Å². The van der Waals surface area contributed by atoms with Gasteiger partial charge in [0.2, 0.25) is 5.82 Å². The minimum Gasteiger partial charge on any atom is -0.475 e. The van der Waals surface area contributed by atoms with Gasteiger partial charge in [0.1, 0.15) is 6.07 Å². The Balaban J connectivity index is 0.000000718. The summed E-state index contributed by atoms with van der Waals surface area (Å²) >= 11 is 0. The van der Waals surface area contributed by atoms with Gasteiger partial charge in [-0.1, -0.05) is 12.1 Å². The lowest BCUT2D eigenvalue weighted by Gasteiger charge is -2.16. The van der Waals surface area contributed by atoms with Crippen LogP contribution in [0.15, 0.2) is 30.3 Å². The predicted octanol–water partition coefficient (Wildman–Crippen LogP) is 3.87. The zero-order valence-corrected chi connectivity index (χ0v) is 17.8. The largest absolute Gasteiger partial charge is 0.490 e. The molecule has 0 aliphatic rings. The van der Waals surface area contributed by atoms with Crippen LogP contribution in [0, 0.1) is 11.3 Å². The molecule has 0 aliphatic carbocycles. The molecule has 0 unspecified atom stereocenters. The second-order valence-electron chi connectivity index (χ2n) is 6.64. The number of urea groups is 1. The topological polar surface area (TPSA) is 119 Å². The highest BCUT2D eigenvalue weighted by molar-refractivity contribution is 5.73. The predicted molar refractivity (Wildman–Crippen MR) is 106 cm³/mol. The number of nitriles is 1. The highest BCUT2D eigenvalue weighted by atomic mass is 19.4. The molecule has 0 atom stereocenters. The third kappa shape index (κ3) is 8.93. The van der Waals surface area contributed by atoms with E-state index in [-0.39, 0.29) is 23.1 Å². The maximum Gasteiger partial charge on any atom is 0.490 e. The van der Waals surface area contributed by atoms with Gasteiger partial charge in [-0.3, -0.25) is 0 Å². The van der Waals surface area contributed by atoms with Crippen LogP contribution in [0.4, 0.5) is 31.1 Å². The van der Waals surface area contributed by atoms with Crippen LogP contribution >= 0.6 is 0 Å². The van der Waals surface area contributed by atoms with Crippen molar-refractivity contribution in [3.8, 4) is 17.3 Å². The minimum absolute atomic E-state index is 0.112. The number of carboxylic acid groups (broad SMARTS) is 1. The second kappa shape index (κ2) is 11.8. The van der Waals surface area contributed by atoms with E-state index in [1.54, 1.807) is 13.1 Å². The van der Waals surface area contributed by atoms with E-state index < -0.39 is 23.9 Å². The summed E-state index contributed by atoms with van der Waals surface area (Å²) in [5.41, 5.74) is 0.250. The molecule has 2 aromatic rings. The molecule has 34 heavy (non-hydrogen) atoms. The number of hydrogen-bond acceptors (Lipinski definition) is 5. The Morgan fingerprint density at radius 2 is 1.76 bits per heavy atom. The van der Waals surface area contributed by atoms with Gasteiger partial charge in [-0.25, -0.2) is 19.6 Å². The highest BCUT2D eigenvalue weighted by Crippen LogP contribution is 2.31. The van der Waals surface area contributed by atoms with Crippen LogP contribution in [0.1, 0.15) is 23.5 Å². The van der Waals surface area contributed by atoms with E-state index in [1.807, 2.05) is 6.07 Å². The Morgan fingerprint density at radius 1 is 1.15 bits per heavy atom. The van der Waals surface area contributed by atoms with Crippen LogP contribution in [-0.2, 0) is 17.4 Å². The van der Waals surface area contributed by atoms with Crippen molar-refractivity contribution < 1.29 is 41.0 Å². The van der Waals surface area contributed by atoms with E-state index in [0.717, 1.165) is 12.1 Å². The standard InChI is InChI=1S/C18H18F3N5O.C2HF3O2/c1-23-17(27)26(2)8-4-7-14-10-15(25-16(11-22)24-14)12-5-3-6-13(9-12)18(19,20)21;3-2(4,5)1(6)7/h3,5-6,9-10H,4,7-8H2,1-2H3,(H,23,27);(H,6,7). The molecule has 2 N–H and O–H groups in total. The van der Waals surface area contributed by atoms with Crippen LogP contribution in [0.5, 0.6) is 0 Å². The summed E-state index contributed by atoms with van der Waals surface area (Å²) in [7, 11) is 3.18. The maximum absolute atomic E-state index is 12.9. The first-order valence-corrected chi connectivity index (χ1v) is 9.37. The van der Waals surface area contributed by atoms with Crippen molar-refractivity contribution in [1.29, 1.82) is 5.26 Å². The summed E-state index contributed by atoms with van der Waals surface area (Å²) in [6.07, 6.45) is -8.52. The number of carbonyl (C=O) groups is 2. The molecule has 2 amide bonds. The number of halogens is 6. The van der Waals surface area contributed by atoms with Crippen LogP contribution in [0.2, 0.25) is 0 Å². The number of aryl methyl sites for hydroxylation is 1. The van der Waals surface area contributed by atoms with Gasteiger partial charge in [0.25, 0.3) is 0 Å². The van der Waals surface area contributed by atoms with E-state index >= 15 is 0 Å². The molecule has 1 heterocycles. The molecular weight excluding hydrogens is 472 g/mol. The first-order chi connectivity index (χ1) is 15.7. The molecule has 8 nitrogen and oxygen atoms in total.